The van der Waals surface area contributed by atoms with Crippen molar-refractivity contribution in [1.29, 1.82) is 0 Å². The first-order valence-electron chi connectivity index (χ1n) is 12.1. The van der Waals surface area contributed by atoms with Crippen LogP contribution in [0, 0.1) is 29.1 Å². The highest BCUT2D eigenvalue weighted by Gasteiger charge is 2.46. The fourth-order valence-corrected chi connectivity index (χ4v) is 7.66. The molecule has 0 saturated carbocycles. The summed E-state index contributed by atoms with van der Waals surface area (Å²) < 4.78 is 40.8. The van der Waals surface area contributed by atoms with Crippen molar-refractivity contribution in [2.24, 2.45) is 22.2 Å². The summed E-state index contributed by atoms with van der Waals surface area (Å²) in [4.78, 5) is -0.290. The molecule has 0 bridgehead atoms. The van der Waals surface area contributed by atoms with Crippen LogP contribution in [0.2, 0.25) is 0 Å². The molecule has 6 heteroatoms. The third-order valence-electron chi connectivity index (χ3n) is 6.51. The van der Waals surface area contributed by atoms with Crippen LogP contribution in [-0.2, 0) is 16.5 Å². The number of methoxy groups -OCH3 is 1. The molecule has 1 aromatic rings. The maximum atomic E-state index is 12.6. The molecule has 0 saturated heterocycles. The predicted molar refractivity (Wildman–Crippen MR) is 137 cm³/mol. The number of hydrogen-bond donors (Lipinski definition) is 2. The average molecular weight is 485 g/mol. The van der Waals surface area contributed by atoms with Gasteiger partial charge in [-0.2, -0.15) is 8.42 Å². The van der Waals surface area contributed by atoms with Gasteiger partial charge in [-0.15, -0.1) is 0 Å². The number of ether oxygens (including phenoxy) is 1. The fraction of sp³-hybridized carbons (Fsp3) is 0.778. The monoisotopic (exact) mass is 484 g/mol. The molecule has 0 heterocycles. The summed E-state index contributed by atoms with van der Waals surface area (Å²) in [6, 6.07) is 0. The molecule has 0 aliphatic carbocycles. The first-order valence-corrected chi connectivity index (χ1v) is 13.5. The largest absolute Gasteiger partial charge is 0.504 e. The third-order valence-corrected chi connectivity index (χ3v) is 7.46. The summed E-state index contributed by atoms with van der Waals surface area (Å²) >= 11 is 0. The summed E-state index contributed by atoms with van der Waals surface area (Å²) in [6.07, 6.45) is 3.00. The molecular weight excluding hydrogens is 436 g/mol. The van der Waals surface area contributed by atoms with Gasteiger partial charge in [0.15, 0.2) is 11.5 Å². The third kappa shape index (κ3) is 6.88. The van der Waals surface area contributed by atoms with Gasteiger partial charge >= 0.3 is 0 Å². The van der Waals surface area contributed by atoms with Crippen LogP contribution in [0.1, 0.15) is 111 Å². The molecule has 1 atom stereocenters. The van der Waals surface area contributed by atoms with Crippen molar-refractivity contribution < 1.29 is 22.8 Å². The molecule has 0 fully saturated rings. The van der Waals surface area contributed by atoms with Crippen LogP contribution in [0.3, 0.4) is 0 Å². The van der Waals surface area contributed by atoms with E-state index in [2.05, 4.69) is 62.3 Å². The Morgan fingerprint density at radius 2 is 1.52 bits per heavy atom. The molecule has 0 aliphatic rings. The maximum Gasteiger partial charge on any atom is 0.298 e. The summed E-state index contributed by atoms with van der Waals surface area (Å²) in [5.74, 6) is -0.00522. The van der Waals surface area contributed by atoms with Crippen molar-refractivity contribution in [3.63, 3.8) is 0 Å². The Labute approximate surface area is 203 Å². The molecule has 1 rings (SSSR count). The average Bonchev–Trinajstić information content (AvgIpc) is 2.55. The molecule has 33 heavy (non-hydrogen) atoms. The summed E-state index contributed by atoms with van der Waals surface area (Å²) in [5, 5.41) is 11.1. The van der Waals surface area contributed by atoms with Gasteiger partial charge in [-0.3, -0.25) is 4.55 Å². The lowest BCUT2D eigenvalue weighted by molar-refractivity contribution is 0.0775. The van der Waals surface area contributed by atoms with Crippen molar-refractivity contribution in [3.8, 4) is 11.5 Å². The Morgan fingerprint density at radius 1 is 1.00 bits per heavy atom. The minimum atomic E-state index is -4.63. The molecule has 192 valence electrons. The number of aromatic hydroxyl groups is 1. The Morgan fingerprint density at radius 3 is 1.88 bits per heavy atom. The molecular formula is C27H48O5S. The van der Waals surface area contributed by atoms with Crippen LogP contribution in [-0.4, -0.2) is 25.2 Å². The van der Waals surface area contributed by atoms with Gasteiger partial charge in [0.05, 0.1) is 7.11 Å². The lowest BCUT2D eigenvalue weighted by atomic mass is 9.55. The van der Waals surface area contributed by atoms with Gasteiger partial charge in [0.25, 0.3) is 10.1 Å². The number of benzene rings is 1. The van der Waals surface area contributed by atoms with E-state index in [-0.39, 0.29) is 38.6 Å². The topological polar surface area (TPSA) is 83.8 Å². The zero-order valence-electron chi connectivity index (χ0n) is 23.0. The van der Waals surface area contributed by atoms with Crippen molar-refractivity contribution in [2.45, 2.75) is 113 Å². The Bertz CT molecular complexity index is 934. The van der Waals surface area contributed by atoms with Gasteiger partial charge < -0.3 is 9.84 Å². The molecule has 0 spiro atoms. The van der Waals surface area contributed by atoms with E-state index in [9.17, 15) is 18.1 Å². The van der Waals surface area contributed by atoms with Crippen molar-refractivity contribution in [1.82, 2.24) is 0 Å². The molecule has 1 unspecified atom stereocenters. The van der Waals surface area contributed by atoms with Gasteiger partial charge in [-0.1, -0.05) is 75.7 Å². The summed E-state index contributed by atoms with van der Waals surface area (Å²) in [5.41, 5.74) is 1.66. The second-order valence-electron chi connectivity index (χ2n) is 12.7. The van der Waals surface area contributed by atoms with E-state index >= 15 is 0 Å². The molecule has 0 aromatic heterocycles. The lowest BCUT2D eigenvalue weighted by Crippen LogP contribution is -2.39. The number of phenolic OH excluding ortho intramolecular Hbond substituents is 1. The second-order valence-corrected chi connectivity index (χ2v) is 14.1. The fourth-order valence-electron chi connectivity index (χ4n) is 6.72. The van der Waals surface area contributed by atoms with E-state index in [0.717, 1.165) is 18.4 Å². The Balaban J connectivity index is 4.27. The molecule has 2 N–H and O–H groups in total. The van der Waals surface area contributed by atoms with Crippen molar-refractivity contribution in [2.75, 3.05) is 7.11 Å². The Kier molecular flexibility index (Phi) is 9.15. The number of hydrogen-bond acceptors (Lipinski definition) is 4. The van der Waals surface area contributed by atoms with Crippen molar-refractivity contribution >= 4 is 10.1 Å². The van der Waals surface area contributed by atoms with Gasteiger partial charge in [0, 0.05) is 0 Å². The highest BCUT2D eigenvalue weighted by molar-refractivity contribution is 7.86. The molecule has 0 aliphatic heterocycles. The molecule has 1 aromatic carbocycles. The van der Waals surface area contributed by atoms with Gasteiger partial charge in [-0.05, 0) is 71.0 Å². The second kappa shape index (κ2) is 10.2. The smallest absolute Gasteiger partial charge is 0.298 e. The normalized spacial score (nSPS) is 14.6. The number of rotatable bonds is 10. The van der Waals surface area contributed by atoms with Crippen LogP contribution < -0.4 is 4.74 Å². The molecule has 0 radical (unpaired) electrons. The van der Waals surface area contributed by atoms with Gasteiger partial charge in [0.2, 0.25) is 0 Å². The van der Waals surface area contributed by atoms with E-state index in [1.54, 1.807) is 0 Å². The van der Waals surface area contributed by atoms with Gasteiger partial charge in [-0.25, -0.2) is 0 Å². The lowest BCUT2D eigenvalue weighted by Gasteiger charge is -2.49. The highest BCUT2D eigenvalue weighted by atomic mass is 32.2. The van der Waals surface area contributed by atoms with E-state index in [4.69, 9.17) is 4.74 Å². The van der Waals surface area contributed by atoms with Crippen molar-refractivity contribution in [3.05, 3.63) is 16.7 Å². The highest BCUT2D eigenvalue weighted by Crippen LogP contribution is 2.58. The van der Waals surface area contributed by atoms with Crippen LogP contribution in [0.5, 0.6) is 11.5 Å². The minimum absolute atomic E-state index is 0.0505. The molecule has 5 nitrogen and oxygen atoms in total. The zero-order valence-corrected chi connectivity index (χ0v) is 23.8. The first-order chi connectivity index (χ1) is 14.7. The van der Waals surface area contributed by atoms with Crippen LogP contribution in [0.25, 0.3) is 0 Å². The first kappa shape index (κ1) is 29.8. The maximum absolute atomic E-state index is 12.6. The minimum Gasteiger partial charge on any atom is -0.504 e. The summed E-state index contributed by atoms with van der Waals surface area (Å²) in [7, 11) is -3.31. The van der Waals surface area contributed by atoms with E-state index in [1.165, 1.54) is 7.11 Å². The van der Waals surface area contributed by atoms with E-state index < -0.39 is 10.1 Å². The van der Waals surface area contributed by atoms with E-state index in [1.807, 2.05) is 13.8 Å². The van der Waals surface area contributed by atoms with Crippen LogP contribution >= 0.6 is 0 Å². The Hall–Kier alpha value is -1.27. The predicted octanol–water partition coefficient (Wildman–Crippen LogP) is 7.53. The van der Waals surface area contributed by atoms with Gasteiger partial charge in [0.1, 0.15) is 4.90 Å². The molecule has 0 amide bonds. The standard InChI is InChI=1S/C27H48O5S/c1-13-14-19-20(18(4)21(28)22(32-12)23(19)33(29,30)31)24(26(8,9)15-17(2)3)27(10,11)16-25(5,6)7/h17,24,28H,13-16H2,1-12H3,(H,29,30,31). The van der Waals surface area contributed by atoms with E-state index in [0.29, 0.717) is 29.9 Å². The summed E-state index contributed by atoms with van der Waals surface area (Å²) in [6.45, 7) is 23.9. The van der Waals surface area contributed by atoms with Crippen LogP contribution in [0.4, 0.5) is 0 Å². The van der Waals surface area contributed by atoms with Crippen LogP contribution in [0.15, 0.2) is 4.90 Å². The zero-order chi connectivity index (χ0) is 26.2. The SMILES string of the molecule is CCCc1c(C(C(C)(C)CC(C)C)C(C)(C)CC(C)(C)C)c(C)c(O)c(OC)c1S(=O)(=O)O. The quantitative estimate of drug-likeness (QED) is 0.335. The number of phenols is 1.